The number of hydrogen-bond donors (Lipinski definition) is 2. The molecule has 1 atom stereocenters. The van der Waals surface area contributed by atoms with Crippen LogP contribution in [-0.2, 0) is 0 Å². The highest BCUT2D eigenvalue weighted by molar-refractivity contribution is 6.42. The van der Waals surface area contributed by atoms with E-state index in [1.165, 1.54) is 0 Å². The molecule has 1 aromatic heterocycles. The zero-order valence-electron chi connectivity index (χ0n) is 8.77. The number of halogens is 2. The second-order valence-corrected chi connectivity index (χ2v) is 4.13. The third-order valence-electron chi connectivity index (χ3n) is 2.30. The molecule has 6 heteroatoms. The topological polar surface area (TPSA) is 63.8 Å². The molecule has 0 aliphatic carbocycles. The molecule has 3 N–H and O–H groups in total. The van der Waals surface area contributed by atoms with Crippen LogP contribution in [0.1, 0.15) is 17.4 Å². The Bertz CT molecular complexity index is 504. The van der Waals surface area contributed by atoms with E-state index in [4.69, 9.17) is 29.0 Å². The van der Waals surface area contributed by atoms with Crippen molar-refractivity contribution in [2.45, 2.75) is 6.04 Å². The fraction of sp³-hybridized carbons (Fsp3) is 0.0909. The fourth-order valence-corrected chi connectivity index (χ4v) is 1.92. The van der Waals surface area contributed by atoms with Crippen LogP contribution in [0.15, 0.2) is 36.7 Å². The largest absolute Gasteiger partial charge is 0.270 e. The maximum absolute atomic E-state index is 6.13. The van der Waals surface area contributed by atoms with Crippen molar-refractivity contribution in [1.82, 2.24) is 15.4 Å². The van der Waals surface area contributed by atoms with Gasteiger partial charge in [-0.2, -0.15) is 0 Å². The standard InChI is InChI=1S/C11H10Cl2N4/c12-8-4-1-3-7(9(8)13)10(17-14)11-15-5-2-6-16-11/h1-6,10,17H,14H2. The van der Waals surface area contributed by atoms with Crippen molar-refractivity contribution in [3.63, 3.8) is 0 Å². The molecule has 2 rings (SSSR count). The van der Waals surface area contributed by atoms with E-state index in [-0.39, 0.29) is 6.04 Å². The van der Waals surface area contributed by atoms with E-state index >= 15 is 0 Å². The van der Waals surface area contributed by atoms with Crippen molar-refractivity contribution in [3.05, 3.63) is 58.1 Å². The normalized spacial score (nSPS) is 12.4. The first kappa shape index (κ1) is 12.3. The summed E-state index contributed by atoms with van der Waals surface area (Å²) in [7, 11) is 0. The van der Waals surface area contributed by atoms with Crippen LogP contribution in [0.4, 0.5) is 0 Å². The number of benzene rings is 1. The third kappa shape index (κ3) is 2.56. The van der Waals surface area contributed by atoms with Gasteiger partial charge in [-0.3, -0.25) is 5.84 Å². The predicted molar refractivity (Wildman–Crippen MR) is 67.7 cm³/mol. The van der Waals surface area contributed by atoms with Gasteiger partial charge in [0.05, 0.1) is 10.0 Å². The second-order valence-electron chi connectivity index (χ2n) is 3.35. The Morgan fingerprint density at radius 2 is 1.82 bits per heavy atom. The molecule has 0 aliphatic heterocycles. The van der Waals surface area contributed by atoms with Crippen LogP contribution < -0.4 is 11.3 Å². The molecule has 0 bridgehead atoms. The van der Waals surface area contributed by atoms with Crippen molar-refractivity contribution in [3.8, 4) is 0 Å². The maximum atomic E-state index is 6.13. The first-order valence-corrected chi connectivity index (χ1v) is 5.66. The molecule has 0 saturated heterocycles. The van der Waals surface area contributed by atoms with E-state index in [2.05, 4.69) is 15.4 Å². The first-order chi connectivity index (χ1) is 8.24. The van der Waals surface area contributed by atoms with Crippen molar-refractivity contribution in [2.75, 3.05) is 0 Å². The van der Waals surface area contributed by atoms with E-state index in [0.29, 0.717) is 15.9 Å². The lowest BCUT2D eigenvalue weighted by atomic mass is 10.1. The highest BCUT2D eigenvalue weighted by Gasteiger charge is 2.18. The number of nitrogens with two attached hydrogens (primary N) is 1. The zero-order valence-corrected chi connectivity index (χ0v) is 10.3. The zero-order chi connectivity index (χ0) is 12.3. The van der Waals surface area contributed by atoms with Crippen molar-refractivity contribution >= 4 is 23.2 Å². The van der Waals surface area contributed by atoms with Crippen LogP contribution in [0.5, 0.6) is 0 Å². The molecule has 0 aliphatic rings. The number of aromatic nitrogens is 2. The Morgan fingerprint density at radius 1 is 1.12 bits per heavy atom. The smallest absolute Gasteiger partial charge is 0.150 e. The molecule has 1 heterocycles. The average molecular weight is 269 g/mol. The molecular formula is C11H10Cl2N4. The number of nitrogens with zero attached hydrogens (tertiary/aromatic N) is 2. The molecule has 0 spiro atoms. The van der Waals surface area contributed by atoms with Gasteiger partial charge in [0.2, 0.25) is 0 Å². The van der Waals surface area contributed by atoms with Crippen LogP contribution in [-0.4, -0.2) is 9.97 Å². The Balaban J connectivity index is 2.46. The molecule has 0 fully saturated rings. The van der Waals surface area contributed by atoms with Crippen molar-refractivity contribution in [1.29, 1.82) is 0 Å². The van der Waals surface area contributed by atoms with Crippen molar-refractivity contribution in [2.24, 2.45) is 5.84 Å². The van der Waals surface area contributed by atoms with E-state index in [1.54, 1.807) is 30.6 Å². The highest BCUT2D eigenvalue weighted by Crippen LogP contribution is 2.31. The lowest BCUT2D eigenvalue weighted by Gasteiger charge is -2.16. The molecule has 0 radical (unpaired) electrons. The maximum Gasteiger partial charge on any atom is 0.150 e. The van der Waals surface area contributed by atoms with Crippen LogP contribution >= 0.6 is 23.2 Å². The van der Waals surface area contributed by atoms with Gasteiger partial charge in [0.1, 0.15) is 6.04 Å². The minimum absolute atomic E-state index is 0.387. The SMILES string of the molecule is NNC(c1ncccn1)c1cccc(Cl)c1Cl. The van der Waals surface area contributed by atoms with Gasteiger partial charge in [0, 0.05) is 12.4 Å². The number of nitrogens with one attached hydrogen (secondary N) is 1. The Labute approximate surface area is 109 Å². The fourth-order valence-electron chi connectivity index (χ4n) is 1.51. The van der Waals surface area contributed by atoms with Gasteiger partial charge in [-0.05, 0) is 17.7 Å². The molecule has 1 aromatic carbocycles. The molecule has 17 heavy (non-hydrogen) atoms. The van der Waals surface area contributed by atoms with E-state index in [9.17, 15) is 0 Å². The molecular weight excluding hydrogens is 259 g/mol. The summed E-state index contributed by atoms with van der Waals surface area (Å²) in [4.78, 5) is 8.28. The minimum Gasteiger partial charge on any atom is -0.270 e. The van der Waals surface area contributed by atoms with Gasteiger partial charge in [-0.15, -0.1) is 0 Å². The van der Waals surface area contributed by atoms with Gasteiger partial charge in [0.25, 0.3) is 0 Å². The Morgan fingerprint density at radius 3 is 2.47 bits per heavy atom. The van der Waals surface area contributed by atoms with Gasteiger partial charge in [-0.25, -0.2) is 15.4 Å². The number of rotatable bonds is 3. The van der Waals surface area contributed by atoms with Crippen LogP contribution in [0.2, 0.25) is 10.0 Å². The van der Waals surface area contributed by atoms with E-state index in [0.717, 1.165) is 5.56 Å². The Kier molecular flexibility index (Phi) is 3.91. The summed E-state index contributed by atoms with van der Waals surface area (Å²) in [6, 6.07) is 6.69. The van der Waals surface area contributed by atoms with Gasteiger partial charge >= 0.3 is 0 Å². The van der Waals surface area contributed by atoms with Crippen LogP contribution in [0.3, 0.4) is 0 Å². The summed E-state index contributed by atoms with van der Waals surface area (Å²) in [5.74, 6) is 6.06. The molecule has 1 unspecified atom stereocenters. The summed E-state index contributed by atoms with van der Waals surface area (Å²) in [6.07, 6.45) is 3.29. The van der Waals surface area contributed by atoms with E-state index < -0.39 is 0 Å². The highest BCUT2D eigenvalue weighted by atomic mass is 35.5. The molecule has 2 aromatic rings. The van der Waals surface area contributed by atoms with Gasteiger partial charge in [-0.1, -0.05) is 35.3 Å². The van der Waals surface area contributed by atoms with Gasteiger partial charge in [0.15, 0.2) is 5.82 Å². The third-order valence-corrected chi connectivity index (χ3v) is 3.14. The predicted octanol–water partition coefficient (Wildman–Crippen LogP) is 2.34. The van der Waals surface area contributed by atoms with Crippen molar-refractivity contribution < 1.29 is 0 Å². The van der Waals surface area contributed by atoms with Crippen LogP contribution in [0, 0.1) is 0 Å². The lowest BCUT2D eigenvalue weighted by molar-refractivity contribution is 0.601. The summed E-state index contributed by atoms with van der Waals surface area (Å²) in [5, 5.41) is 0.921. The number of hydrogen-bond acceptors (Lipinski definition) is 4. The van der Waals surface area contributed by atoms with Gasteiger partial charge < -0.3 is 0 Å². The summed E-state index contributed by atoms with van der Waals surface area (Å²) in [6.45, 7) is 0. The van der Waals surface area contributed by atoms with Crippen LogP contribution in [0.25, 0.3) is 0 Å². The Hall–Kier alpha value is -1.20. The average Bonchev–Trinajstić information content (AvgIpc) is 2.37. The van der Waals surface area contributed by atoms with E-state index in [1.807, 2.05) is 6.07 Å². The summed E-state index contributed by atoms with van der Waals surface area (Å²) >= 11 is 12.1. The first-order valence-electron chi connectivity index (χ1n) is 4.91. The summed E-state index contributed by atoms with van der Waals surface area (Å²) < 4.78 is 0. The molecule has 0 saturated carbocycles. The second kappa shape index (κ2) is 5.42. The summed E-state index contributed by atoms with van der Waals surface area (Å²) in [5.41, 5.74) is 3.38. The quantitative estimate of drug-likeness (QED) is 0.663. The molecule has 4 nitrogen and oxygen atoms in total. The number of hydrazine groups is 1. The molecule has 0 amide bonds. The minimum atomic E-state index is -0.387. The molecule has 88 valence electrons. The lowest BCUT2D eigenvalue weighted by Crippen LogP contribution is -2.30. The monoisotopic (exact) mass is 268 g/mol.